The van der Waals surface area contributed by atoms with Crippen LogP contribution in [0.15, 0.2) is 40.8 Å². The van der Waals surface area contributed by atoms with Crippen molar-refractivity contribution in [2.45, 2.75) is 19.8 Å². The number of carbonyl (C=O) groups excluding carboxylic acids is 1. The molecule has 1 aromatic carbocycles. The molecule has 0 fully saturated rings. The van der Waals surface area contributed by atoms with Gasteiger partial charge >= 0.3 is 0 Å². The molecule has 6 heteroatoms. The van der Waals surface area contributed by atoms with E-state index < -0.39 is 0 Å². The normalized spacial score (nSPS) is 10.8. The number of benzene rings is 1. The van der Waals surface area contributed by atoms with E-state index in [9.17, 15) is 4.79 Å². The van der Waals surface area contributed by atoms with Crippen molar-refractivity contribution in [2.24, 2.45) is 5.10 Å². The van der Waals surface area contributed by atoms with Gasteiger partial charge in [-0.1, -0.05) is 17.7 Å². The van der Waals surface area contributed by atoms with Gasteiger partial charge in [-0.25, -0.2) is 5.43 Å². The average Bonchev–Trinajstić information content (AvgIpc) is 2.99. The van der Waals surface area contributed by atoms with Crippen molar-refractivity contribution in [1.82, 2.24) is 5.43 Å². The summed E-state index contributed by atoms with van der Waals surface area (Å²) in [4.78, 5) is 12.6. The van der Waals surface area contributed by atoms with Crippen LogP contribution in [0.1, 0.15) is 23.3 Å². The summed E-state index contributed by atoms with van der Waals surface area (Å²) in [7, 11) is 0. The number of carbonyl (C=O) groups is 1. The van der Waals surface area contributed by atoms with E-state index in [0.29, 0.717) is 24.5 Å². The molecule has 0 spiro atoms. The molecule has 0 aliphatic carbocycles. The van der Waals surface area contributed by atoms with Gasteiger partial charge in [0.2, 0.25) is 5.91 Å². The van der Waals surface area contributed by atoms with E-state index >= 15 is 0 Å². The monoisotopic (exact) mass is 336 g/mol. The summed E-state index contributed by atoms with van der Waals surface area (Å²) < 4.78 is 5.63. The molecule has 0 aliphatic rings. The van der Waals surface area contributed by atoms with Crippen LogP contribution in [0, 0.1) is 6.92 Å². The van der Waals surface area contributed by atoms with Crippen LogP contribution in [0.3, 0.4) is 0 Å². The van der Waals surface area contributed by atoms with Crippen LogP contribution >= 0.6 is 22.9 Å². The lowest BCUT2D eigenvalue weighted by Crippen LogP contribution is -2.18. The third kappa shape index (κ3) is 5.50. The number of amides is 1. The minimum Gasteiger partial charge on any atom is -0.493 e. The van der Waals surface area contributed by atoms with Crippen molar-refractivity contribution in [3.63, 3.8) is 0 Å². The summed E-state index contributed by atoms with van der Waals surface area (Å²) in [5.74, 6) is 0.671. The summed E-state index contributed by atoms with van der Waals surface area (Å²) in [5, 5.41) is 6.55. The topological polar surface area (TPSA) is 50.7 Å². The molecule has 22 heavy (non-hydrogen) atoms. The standard InChI is InChI=1S/C16H17ClN2O2S/c1-12-10-13(17)6-7-15(12)21-8-2-5-16(20)19-18-11-14-4-3-9-22-14/h3-4,6-7,9-11H,2,5,8H2,1H3,(H,19,20). The summed E-state index contributed by atoms with van der Waals surface area (Å²) >= 11 is 7.45. The maximum Gasteiger partial charge on any atom is 0.240 e. The molecule has 1 N–H and O–H groups in total. The van der Waals surface area contributed by atoms with Gasteiger partial charge in [0.15, 0.2) is 0 Å². The highest BCUT2D eigenvalue weighted by molar-refractivity contribution is 7.11. The highest BCUT2D eigenvalue weighted by Crippen LogP contribution is 2.21. The highest BCUT2D eigenvalue weighted by Gasteiger charge is 2.02. The number of thiophene rings is 1. The minimum absolute atomic E-state index is 0.121. The Labute approximate surface area is 138 Å². The summed E-state index contributed by atoms with van der Waals surface area (Å²) in [5.41, 5.74) is 3.49. The van der Waals surface area contributed by atoms with E-state index in [2.05, 4.69) is 10.5 Å². The van der Waals surface area contributed by atoms with Gasteiger partial charge in [-0.2, -0.15) is 5.10 Å². The Morgan fingerprint density at radius 3 is 3.05 bits per heavy atom. The van der Waals surface area contributed by atoms with Crippen molar-refractivity contribution in [2.75, 3.05) is 6.61 Å². The summed E-state index contributed by atoms with van der Waals surface area (Å²) in [6, 6.07) is 9.34. The number of nitrogens with zero attached hydrogens (tertiary/aromatic N) is 1. The molecule has 0 saturated carbocycles. The first-order chi connectivity index (χ1) is 10.6. The molecular formula is C16H17ClN2O2S. The van der Waals surface area contributed by atoms with E-state index in [1.807, 2.05) is 36.6 Å². The van der Waals surface area contributed by atoms with Crippen LogP contribution in [0.5, 0.6) is 5.75 Å². The van der Waals surface area contributed by atoms with Crippen LogP contribution < -0.4 is 10.2 Å². The summed E-state index contributed by atoms with van der Waals surface area (Å²) in [6.45, 7) is 2.41. The van der Waals surface area contributed by atoms with Crippen LogP contribution in [-0.4, -0.2) is 18.7 Å². The Morgan fingerprint density at radius 2 is 2.32 bits per heavy atom. The van der Waals surface area contributed by atoms with Crippen molar-refractivity contribution >= 4 is 35.1 Å². The van der Waals surface area contributed by atoms with Crippen molar-refractivity contribution in [3.8, 4) is 5.75 Å². The first-order valence-corrected chi connectivity index (χ1v) is 8.15. The first-order valence-electron chi connectivity index (χ1n) is 6.89. The van der Waals surface area contributed by atoms with Gasteiger partial charge in [-0.15, -0.1) is 11.3 Å². The predicted molar refractivity (Wildman–Crippen MR) is 91.0 cm³/mol. The first kappa shape index (κ1) is 16.5. The Kier molecular flexibility index (Phi) is 6.43. The number of hydrazone groups is 1. The minimum atomic E-state index is -0.121. The third-order valence-corrected chi connectivity index (χ3v) is 3.91. The third-order valence-electron chi connectivity index (χ3n) is 2.87. The molecule has 1 aromatic heterocycles. The Bertz CT molecular complexity index is 642. The number of hydrogen-bond donors (Lipinski definition) is 1. The van der Waals surface area contributed by atoms with E-state index in [1.54, 1.807) is 23.6 Å². The maximum atomic E-state index is 11.6. The van der Waals surface area contributed by atoms with Gasteiger partial charge in [0, 0.05) is 16.3 Å². The molecule has 0 unspecified atom stereocenters. The molecule has 116 valence electrons. The van der Waals surface area contributed by atoms with Crippen LogP contribution in [-0.2, 0) is 4.79 Å². The smallest absolute Gasteiger partial charge is 0.240 e. The number of ether oxygens (including phenoxy) is 1. The molecule has 0 radical (unpaired) electrons. The SMILES string of the molecule is Cc1cc(Cl)ccc1OCCCC(=O)NN=Cc1cccs1. The van der Waals surface area contributed by atoms with Gasteiger partial charge in [-0.3, -0.25) is 4.79 Å². The van der Waals surface area contributed by atoms with Gasteiger partial charge in [0.05, 0.1) is 12.8 Å². The molecule has 2 rings (SSSR count). The van der Waals surface area contributed by atoms with E-state index in [-0.39, 0.29) is 5.91 Å². The molecule has 1 amide bonds. The Hall–Kier alpha value is -1.85. The van der Waals surface area contributed by atoms with E-state index in [0.717, 1.165) is 16.2 Å². The lowest BCUT2D eigenvalue weighted by Gasteiger charge is -2.08. The maximum absolute atomic E-state index is 11.6. The molecule has 1 heterocycles. The van der Waals surface area contributed by atoms with Crippen LogP contribution in [0.4, 0.5) is 0 Å². The second-order valence-electron chi connectivity index (χ2n) is 4.67. The van der Waals surface area contributed by atoms with E-state index in [4.69, 9.17) is 16.3 Å². The van der Waals surface area contributed by atoms with Crippen LogP contribution in [0.25, 0.3) is 0 Å². The largest absolute Gasteiger partial charge is 0.493 e. The summed E-state index contributed by atoms with van der Waals surface area (Å²) in [6.07, 6.45) is 2.63. The zero-order valence-electron chi connectivity index (χ0n) is 12.2. The number of nitrogens with one attached hydrogen (secondary N) is 1. The molecular weight excluding hydrogens is 320 g/mol. The predicted octanol–water partition coefficient (Wildman–Crippen LogP) is 4.02. The molecule has 2 aromatic rings. The lowest BCUT2D eigenvalue weighted by atomic mass is 10.2. The Balaban J connectivity index is 1.64. The zero-order valence-corrected chi connectivity index (χ0v) is 13.8. The van der Waals surface area contributed by atoms with Crippen molar-refractivity contribution < 1.29 is 9.53 Å². The van der Waals surface area contributed by atoms with Crippen molar-refractivity contribution in [3.05, 3.63) is 51.2 Å². The number of hydrogen-bond acceptors (Lipinski definition) is 4. The second-order valence-corrected chi connectivity index (χ2v) is 6.09. The molecule has 0 aliphatic heterocycles. The average molecular weight is 337 g/mol. The molecule has 0 bridgehead atoms. The number of rotatable bonds is 7. The van der Waals surface area contributed by atoms with Gasteiger partial charge in [0.1, 0.15) is 5.75 Å². The van der Waals surface area contributed by atoms with Gasteiger partial charge in [-0.05, 0) is 48.6 Å². The number of halogens is 1. The molecule has 4 nitrogen and oxygen atoms in total. The molecule has 0 saturated heterocycles. The highest BCUT2D eigenvalue weighted by atomic mass is 35.5. The second kappa shape index (κ2) is 8.56. The van der Waals surface area contributed by atoms with Gasteiger partial charge < -0.3 is 4.74 Å². The lowest BCUT2D eigenvalue weighted by molar-refractivity contribution is -0.121. The van der Waals surface area contributed by atoms with E-state index in [1.165, 1.54) is 0 Å². The zero-order chi connectivity index (χ0) is 15.8. The van der Waals surface area contributed by atoms with Gasteiger partial charge in [0.25, 0.3) is 0 Å². The van der Waals surface area contributed by atoms with Crippen molar-refractivity contribution in [1.29, 1.82) is 0 Å². The quantitative estimate of drug-likeness (QED) is 0.471. The number of aryl methyl sites for hydroxylation is 1. The molecule has 0 atom stereocenters. The Morgan fingerprint density at radius 1 is 1.45 bits per heavy atom. The van der Waals surface area contributed by atoms with Crippen LogP contribution in [0.2, 0.25) is 5.02 Å². The fourth-order valence-corrected chi connectivity index (χ4v) is 2.59. The fraction of sp³-hybridized carbons (Fsp3) is 0.250. The fourth-order valence-electron chi connectivity index (χ4n) is 1.78.